The van der Waals surface area contributed by atoms with E-state index in [9.17, 15) is 14.7 Å². The number of hydrogen-bond donors (Lipinski definition) is 2. The summed E-state index contributed by atoms with van der Waals surface area (Å²) >= 11 is 1.63. The van der Waals surface area contributed by atoms with Crippen LogP contribution in [0.25, 0.3) is 0 Å². The van der Waals surface area contributed by atoms with Crippen molar-refractivity contribution in [3.05, 3.63) is 29.8 Å². The molecule has 0 aromatic heterocycles. The third-order valence-corrected chi connectivity index (χ3v) is 6.38. The molecule has 1 saturated heterocycles. The molecule has 1 aromatic carbocycles. The average molecular weight is 423 g/mol. The van der Waals surface area contributed by atoms with Crippen LogP contribution in [0.2, 0.25) is 0 Å². The predicted octanol–water partition coefficient (Wildman–Crippen LogP) is 3.82. The SMILES string of the molecule is CS[C@H]([C@@H](C)C(=O)NCCc1cccc(O)c1)[C@@H]1CCCN1C(=O)OC(C)(C)C. The lowest BCUT2D eigenvalue weighted by Crippen LogP contribution is -2.48. The molecule has 7 heteroatoms. The van der Waals surface area contributed by atoms with Crippen LogP contribution >= 0.6 is 11.8 Å². The number of thioether (sulfide) groups is 1. The number of aromatic hydroxyl groups is 1. The van der Waals surface area contributed by atoms with Crippen LogP contribution in [0, 0.1) is 5.92 Å². The molecule has 1 aliphatic rings. The molecule has 1 aromatic rings. The van der Waals surface area contributed by atoms with E-state index < -0.39 is 5.60 Å². The Morgan fingerprint density at radius 3 is 2.72 bits per heavy atom. The van der Waals surface area contributed by atoms with E-state index in [1.165, 1.54) is 0 Å². The first-order valence-electron chi connectivity index (χ1n) is 10.2. The molecule has 1 aliphatic heterocycles. The van der Waals surface area contributed by atoms with Gasteiger partial charge in [0.1, 0.15) is 11.4 Å². The predicted molar refractivity (Wildman–Crippen MR) is 117 cm³/mol. The Balaban J connectivity index is 1.94. The van der Waals surface area contributed by atoms with E-state index in [0.29, 0.717) is 19.5 Å². The average Bonchev–Trinajstić information content (AvgIpc) is 3.10. The maximum absolute atomic E-state index is 12.8. The molecule has 2 N–H and O–H groups in total. The number of amides is 2. The molecule has 2 rings (SSSR count). The Morgan fingerprint density at radius 2 is 2.10 bits per heavy atom. The minimum atomic E-state index is -0.534. The van der Waals surface area contributed by atoms with Crippen molar-refractivity contribution in [2.24, 2.45) is 5.92 Å². The van der Waals surface area contributed by atoms with Crippen molar-refractivity contribution < 1.29 is 19.4 Å². The number of carbonyl (C=O) groups excluding carboxylic acids is 2. The molecule has 29 heavy (non-hydrogen) atoms. The lowest BCUT2D eigenvalue weighted by Gasteiger charge is -2.34. The first-order chi connectivity index (χ1) is 13.6. The van der Waals surface area contributed by atoms with Crippen LogP contribution in [0.15, 0.2) is 24.3 Å². The summed E-state index contributed by atoms with van der Waals surface area (Å²) in [6.07, 6.45) is 4.16. The first-order valence-corrected chi connectivity index (χ1v) is 11.5. The normalized spacial score (nSPS) is 18.9. The Hall–Kier alpha value is -1.89. The largest absolute Gasteiger partial charge is 0.508 e. The van der Waals surface area contributed by atoms with E-state index in [0.717, 1.165) is 18.4 Å². The highest BCUT2D eigenvalue weighted by atomic mass is 32.2. The van der Waals surface area contributed by atoms with Gasteiger partial charge in [0.15, 0.2) is 0 Å². The fraction of sp³-hybridized carbons (Fsp3) is 0.636. The van der Waals surface area contributed by atoms with Crippen LogP contribution in [-0.2, 0) is 16.0 Å². The molecule has 3 atom stereocenters. The zero-order valence-electron chi connectivity index (χ0n) is 18.1. The van der Waals surface area contributed by atoms with Crippen molar-refractivity contribution in [3.8, 4) is 5.75 Å². The van der Waals surface area contributed by atoms with Gasteiger partial charge < -0.3 is 20.1 Å². The van der Waals surface area contributed by atoms with E-state index in [4.69, 9.17) is 4.74 Å². The molecule has 0 bridgehead atoms. The van der Waals surface area contributed by atoms with Gasteiger partial charge in [0.25, 0.3) is 0 Å². The van der Waals surface area contributed by atoms with Gasteiger partial charge >= 0.3 is 6.09 Å². The second-order valence-corrected chi connectivity index (χ2v) is 9.60. The van der Waals surface area contributed by atoms with Gasteiger partial charge in [0, 0.05) is 30.3 Å². The second kappa shape index (κ2) is 10.2. The van der Waals surface area contributed by atoms with Crippen molar-refractivity contribution in [2.45, 2.75) is 63.9 Å². The van der Waals surface area contributed by atoms with E-state index in [1.54, 1.807) is 34.9 Å². The maximum atomic E-state index is 12.8. The van der Waals surface area contributed by atoms with Gasteiger partial charge in [0.05, 0.1) is 0 Å². The number of nitrogens with zero attached hydrogens (tertiary/aromatic N) is 1. The van der Waals surface area contributed by atoms with Gasteiger partial charge in [-0.3, -0.25) is 4.79 Å². The van der Waals surface area contributed by atoms with Crippen molar-refractivity contribution in [1.82, 2.24) is 10.2 Å². The molecule has 0 radical (unpaired) electrons. The number of ether oxygens (including phenoxy) is 1. The summed E-state index contributed by atoms with van der Waals surface area (Å²) in [5.41, 5.74) is 0.444. The van der Waals surface area contributed by atoms with Gasteiger partial charge in [0.2, 0.25) is 5.91 Å². The molecule has 6 nitrogen and oxygen atoms in total. The highest BCUT2D eigenvalue weighted by molar-refractivity contribution is 7.99. The van der Waals surface area contributed by atoms with Crippen LogP contribution in [0.3, 0.4) is 0 Å². The van der Waals surface area contributed by atoms with Gasteiger partial charge in [-0.05, 0) is 64.0 Å². The molecule has 0 spiro atoms. The molecule has 0 unspecified atom stereocenters. The monoisotopic (exact) mass is 422 g/mol. The van der Waals surface area contributed by atoms with E-state index >= 15 is 0 Å². The molecule has 162 valence electrons. The number of nitrogens with one attached hydrogen (secondary N) is 1. The van der Waals surface area contributed by atoms with Crippen LogP contribution in [0.4, 0.5) is 4.79 Å². The van der Waals surface area contributed by atoms with Gasteiger partial charge in [-0.25, -0.2) is 4.79 Å². The maximum Gasteiger partial charge on any atom is 0.410 e. The minimum Gasteiger partial charge on any atom is -0.508 e. The zero-order valence-corrected chi connectivity index (χ0v) is 18.9. The van der Waals surface area contributed by atoms with Crippen LogP contribution in [0.1, 0.15) is 46.1 Å². The fourth-order valence-corrected chi connectivity index (χ4v) is 4.86. The number of likely N-dealkylation sites (tertiary alicyclic amines) is 1. The summed E-state index contributed by atoms with van der Waals surface area (Å²) in [7, 11) is 0. The van der Waals surface area contributed by atoms with Crippen LogP contribution in [-0.4, -0.2) is 58.2 Å². The summed E-state index contributed by atoms with van der Waals surface area (Å²) in [4.78, 5) is 27.2. The zero-order chi connectivity index (χ0) is 21.6. The summed E-state index contributed by atoms with van der Waals surface area (Å²) in [5.74, 6) is -0.0177. The third kappa shape index (κ3) is 6.84. The molecule has 1 heterocycles. The third-order valence-electron chi connectivity index (χ3n) is 5.11. The van der Waals surface area contributed by atoms with Crippen molar-refractivity contribution >= 4 is 23.8 Å². The molecule has 0 saturated carbocycles. The summed E-state index contributed by atoms with van der Waals surface area (Å²) < 4.78 is 5.57. The van der Waals surface area contributed by atoms with E-state index in [-0.39, 0.29) is 35.0 Å². The Labute approximate surface area is 178 Å². The number of hydrogen-bond acceptors (Lipinski definition) is 5. The van der Waals surface area contributed by atoms with E-state index in [2.05, 4.69) is 5.32 Å². The summed E-state index contributed by atoms with van der Waals surface area (Å²) in [6.45, 7) is 8.70. The van der Waals surface area contributed by atoms with Crippen molar-refractivity contribution in [2.75, 3.05) is 19.3 Å². The standard InChI is InChI=1S/C22H34N2O4S/c1-15(20(26)23-12-11-16-8-6-9-17(25)14-16)19(29-5)18-10-7-13-24(18)21(27)28-22(2,3)4/h6,8-9,14-15,18-19,25H,7,10-13H2,1-5H3,(H,23,26)/t15-,18+,19-/m1/s1. The van der Waals surface area contributed by atoms with Gasteiger partial charge in [-0.1, -0.05) is 19.1 Å². The Bertz CT molecular complexity index is 704. The number of carbonyl (C=O) groups is 2. The minimum absolute atomic E-state index is 0.00536. The molecular formula is C22H34N2O4S. The highest BCUT2D eigenvalue weighted by Gasteiger charge is 2.40. The number of benzene rings is 1. The molecular weight excluding hydrogens is 388 g/mol. The summed E-state index contributed by atoms with van der Waals surface area (Å²) in [6, 6.07) is 7.05. The summed E-state index contributed by atoms with van der Waals surface area (Å²) in [5, 5.41) is 12.6. The van der Waals surface area contributed by atoms with Gasteiger partial charge in [-0.15, -0.1) is 0 Å². The van der Waals surface area contributed by atoms with Crippen LogP contribution in [0.5, 0.6) is 5.75 Å². The quantitative estimate of drug-likeness (QED) is 0.698. The lowest BCUT2D eigenvalue weighted by molar-refractivity contribution is -0.124. The lowest BCUT2D eigenvalue weighted by atomic mass is 9.98. The van der Waals surface area contributed by atoms with E-state index in [1.807, 2.05) is 40.0 Å². The number of phenolic OH excluding ortho intramolecular Hbond substituents is 1. The topological polar surface area (TPSA) is 78.9 Å². The molecule has 1 fully saturated rings. The van der Waals surface area contributed by atoms with Crippen molar-refractivity contribution in [3.63, 3.8) is 0 Å². The highest BCUT2D eigenvalue weighted by Crippen LogP contribution is 2.32. The smallest absolute Gasteiger partial charge is 0.410 e. The van der Waals surface area contributed by atoms with Crippen molar-refractivity contribution in [1.29, 1.82) is 0 Å². The fourth-order valence-electron chi connectivity index (χ4n) is 3.73. The number of rotatable bonds is 7. The van der Waals surface area contributed by atoms with Crippen LogP contribution < -0.4 is 5.32 Å². The number of phenols is 1. The van der Waals surface area contributed by atoms with Gasteiger partial charge in [-0.2, -0.15) is 11.8 Å². The Morgan fingerprint density at radius 1 is 1.38 bits per heavy atom. The first kappa shape index (κ1) is 23.4. The second-order valence-electron chi connectivity index (χ2n) is 8.58. The molecule has 2 amide bonds. The Kier molecular flexibility index (Phi) is 8.25. The molecule has 0 aliphatic carbocycles.